The number of nitrogens with one attached hydrogen (secondary N) is 1. The number of rotatable bonds is 6. The molecule has 0 aliphatic carbocycles. The number of carbonyl (C=O) groups is 2. The fourth-order valence-electron chi connectivity index (χ4n) is 2.17. The van der Waals surface area contributed by atoms with Crippen molar-refractivity contribution in [1.82, 2.24) is 15.2 Å². The number of aromatic nitrogens is 3. The van der Waals surface area contributed by atoms with Gasteiger partial charge in [-0.25, -0.2) is 0 Å². The van der Waals surface area contributed by atoms with Gasteiger partial charge in [0, 0.05) is 17.4 Å². The fraction of sp³-hybridized carbons (Fsp3) is 0.105. The largest absolute Gasteiger partial charge is 0.325 e. The van der Waals surface area contributed by atoms with Crippen LogP contribution in [0, 0.1) is 0 Å². The summed E-state index contributed by atoms with van der Waals surface area (Å²) in [5.74, 6) is 0.0545. The summed E-state index contributed by atoms with van der Waals surface area (Å²) in [5, 5.41) is 11.7. The highest BCUT2D eigenvalue weighted by molar-refractivity contribution is 7.99. The van der Waals surface area contributed by atoms with Crippen LogP contribution in [-0.4, -0.2) is 32.6 Å². The van der Waals surface area contributed by atoms with E-state index < -0.39 is 0 Å². The Morgan fingerprint density at radius 2 is 1.77 bits per heavy atom. The molecule has 7 heteroatoms. The number of Topliss-reactive ketones (excluding diaryl/α,β-unsaturated/α-hetero) is 1. The van der Waals surface area contributed by atoms with Crippen molar-refractivity contribution >= 4 is 29.1 Å². The summed E-state index contributed by atoms with van der Waals surface area (Å²) < 4.78 is 0. The van der Waals surface area contributed by atoms with Gasteiger partial charge in [-0.05, 0) is 55.5 Å². The molecule has 2 aromatic heterocycles. The van der Waals surface area contributed by atoms with Crippen LogP contribution in [0.4, 0.5) is 5.69 Å². The molecule has 0 bridgehead atoms. The number of hydrogen-bond acceptors (Lipinski definition) is 6. The summed E-state index contributed by atoms with van der Waals surface area (Å²) in [7, 11) is 0. The van der Waals surface area contributed by atoms with Gasteiger partial charge in [0.25, 0.3) is 0 Å². The Morgan fingerprint density at radius 3 is 2.38 bits per heavy atom. The van der Waals surface area contributed by atoms with Crippen molar-refractivity contribution in [3.8, 4) is 11.4 Å². The molecule has 1 aromatic carbocycles. The van der Waals surface area contributed by atoms with E-state index in [4.69, 9.17) is 0 Å². The zero-order valence-corrected chi connectivity index (χ0v) is 14.9. The van der Waals surface area contributed by atoms with E-state index in [1.165, 1.54) is 18.7 Å². The van der Waals surface area contributed by atoms with E-state index in [0.717, 1.165) is 5.69 Å². The van der Waals surface area contributed by atoms with Gasteiger partial charge in [-0.3, -0.25) is 14.6 Å². The summed E-state index contributed by atoms with van der Waals surface area (Å²) in [6.07, 6.45) is 1.70. The Hall–Kier alpha value is -3.06. The number of anilines is 1. The van der Waals surface area contributed by atoms with Crippen LogP contribution >= 0.6 is 11.8 Å². The molecule has 1 N–H and O–H groups in total. The highest BCUT2D eigenvalue weighted by Gasteiger charge is 2.07. The van der Waals surface area contributed by atoms with E-state index in [1.807, 2.05) is 30.3 Å². The van der Waals surface area contributed by atoms with Crippen molar-refractivity contribution < 1.29 is 9.59 Å². The molecule has 2 heterocycles. The van der Waals surface area contributed by atoms with Crippen LogP contribution in [0.5, 0.6) is 0 Å². The summed E-state index contributed by atoms with van der Waals surface area (Å²) in [4.78, 5) is 27.5. The Morgan fingerprint density at radius 1 is 0.962 bits per heavy atom. The quantitative estimate of drug-likeness (QED) is 0.532. The topological polar surface area (TPSA) is 84.8 Å². The normalized spacial score (nSPS) is 10.3. The molecule has 0 fully saturated rings. The Labute approximate surface area is 155 Å². The van der Waals surface area contributed by atoms with Crippen molar-refractivity contribution in [1.29, 1.82) is 0 Å². The summed E-state index contributed by atoms with van der Waals surface area (Å²) in [6.45, 7) is 1.50. The third-order valence-corrected chi connectivity index (χ3v) is 4.41. The smallest absolute Gasteiger partial charge is 0.234 e. The maximum Gasteiger partial charge on any atom is 0.234 e. The highest BCUT2D eigenvalue weighted by atomic mass is 32.2. The number of ketones is 1. The van der Waals surface area contributed by atoms with Gasteiger partial charge in [-0.15, -0.1) is 10.2 Å². The molecule has 1 amide bonds. The van der Waals surface area contributed by atoms with Crippen LogP contribution < -0.4 is 5.32 Å². The second kappa shape index (κ2) is 8.35. The molecule has 0 atom stereocenters. The minimum Gasteiger partial charge on any atom is -0.325 e. The van der Waals surface area contributed by atoms with Gasteiger partial charge in [-0.1, -0.05) is 17.8 Å². The van der Waals surface area contributed by atoms with Crippen LogP contribution in [-0.2, 0) is 4.79 Å². The lowest BCUT2D eigenvalue weighted by molar-refractivity contribution is -0.113. The maximum atomic E-state index is 12.0. The molecule has 0 saturated heterocycles. The van der Waals surface area contributed by atoms with Crippen molar-refractivity contribution in [3.63, 3.8) is 0 Å². The maximum absolute atomic E-state index is 12.0. The lowest BCUT2D eigenvalue weighted by atomic mass is 10.1. The second-order valence-electron chi connectivity index (χ2n) is 5.44. The number of amides is 1. The number of benzene rings is 1. The van der Waals surface area contributed by atoms with Gasteiger partial charge in [0.05, 0.1) is 11.4 Å². The summed E-state index contributed by atoms with van der Waals surface area (Å²) in [5.41, 5.74) is 2.70. The van der Waals surface area contributed by atoms with E-state index in [-0.39, 0.29) is 17.4 Å². The molecule has 130 valence electrons. The molecule has 3 rings (SSSR count). The third-order valence-electron chi connectivity index (χ3n) is 3.49. The Kier molecular flexibility index (Phi) is 5.70. The predicted octanol–water partition coefficient (Wildman–Crippen LogP) is 3.47. The van der Waals surface area contributed by atoms with E-state index in [0.29, 0.717) is 22.0 Å². The summed E-state index contributed by atoms with van der Waals surface area (Å²) in [6, 6.07) is 16.0. The standard InChI is InChI=1S/C19H16N4O2S/c1-13(24)14-5-7-15(8-6-14)21-18(25)12-26-19-10-9-17(22-23-19)16-4-2-3-11-20-16/h2-11H,12H2,1H3,(H,21,25). The van der Waals surface area contributed by atoms with Crippen LogP contribution in [0.3, 0.4) is 0 Å². The Bertz CT molecular complexity index is 897. The second-order valence-corrected chi connectivity index (χ2v) is 6.44. The molecule has 0 aliphatic rings. The lowest BCUT2D eigenvalue weighted by Gasteiger charge is -2.05. The minimum atomic E-state index is -0.152. The van der Waals surface area contributed by atoms with Crippen molar-refractivity contribution in [2.24, 2.45) is 0 Å². The number of thioether (sulfide) groups is 1. The molecular weight excluding hydrogens is 348 g/mol. The zero-order chi connectivity index (χ0) is 18.4. The third kappa shape index (κ3) is 4.73. The van der Waals surface area contributed by atoms with Crippen molar-refractivity contribution in [2.45, 2.75) is 11.9 Å². The van der Waals surface area contributed by atoms with E-state index >= 15 is 0 Å². The number of nitrogens with zero attached hydrogens (tertiary/aromatic N) is 3. The monoisotopic (exact) mass is 364 g/mol. The average molecular weight is 364 g/mol. The SMILES string of the molecule is CC(=O)c1ccc(NC(=O)CSc2ccc(-c3ccccn3)nn2)cc1. The molecular formula is C19H16N4O2S. The predicted molar refractivity (Wildman–Crippen MR) is 101 cm³/mol. The zero-order valence-electron chi connectivity index (χ0n) is 14.0. The van der Waals surface area contributed by atoms with E-state index in [2.05, 4.69) is 20.5 Å². The molecule has 0 unspecified atom stereocenters. The Balaban J connectivity index is 1.53. The van der Waals surface area contributed by atoms with Crippen LogP contribution in [0.1, 0.15) is 17.3 Å². The van der Waals surface area contributed by atoms with Crippen LogP contribution in [0.25, 0.3) is 11.4 Å². The highest BCUT2D eigenvalue weighted by Crippen LogP contribution is 2.18. The van der Waals surface area contributed by atoms with Crippen molar-refractivity contribution in [3.05, 3.63) is 66.4 Å². The number of hydrogen-bond donors (Lipinski definition) is 1. The lowest BCUT2D eigenvalue weighted by Crippen LogP contribution is -2.14. The molecule has 26 heavy (non-hydrogen) atoms. The molecule has 6 nitrogen and oxygen atoms in total. The number of carbonyl (C=O) groups excluding carboxylic acids is 2. The van der Waals surface area contributed by atoms with Gasteiger partial charge < -0.3 is 5.32 Å². The summed E-state index contributed by atoms with van der Waals surface area (Å²) >= 11 is 1.30. The van der Waals surface area contributed by atoms with Crippen molar-refractivity contribution in [2.75, 3.05) is 11.1 Å². The van der Waals surface area contributed by atoms with Gasteiger partial charge in [0.1, 0.15) is 10.7 Å². The first-order chi connectivity index (χ1) is 12.6. The van der Waals surface area contributed by atoms with Crippen LogP contribution in [0.2, 0.25) is 0 Å². The molecule has 0 spiro atoms. The fourth-order valence-corrected chi connectivity index (χ4v) is 2.79. The molecule has 3 aromatic rings. The average Bonchev–Trinajstić information content (AvgIpc) is 2.68. The molecule has 0 aliphatic heterocycles. The molecule has 0 saturated carbocycles. The van der Waals surface area contributed by atoms with Gasteiger partial charge >= 0.3 is 0 Å². The van der Waals surface area contributed by atoms with Gasteiger partial charge in [0.15, 0.2) is 5.78 Å². The van der Waals surface area contributed by atoms with Crippen LogP contribution in [0.15, 0.2) is 65.8 Å². The van der Waals surface area contributed by atoms with E-state index in [1.54, 1.807) is 30.5 Å². The molecule has 0 radical (unpaired) electrons. The minimum absolute atomic E-state index is 0.00819. The van der Waals surface area contributed by atoms with E-state index in [9.17, 15) is 9.59 Å². The first-order valence-electron chi connectivity index (χ1n) is 7.90. The number of pyridine rings is 1. The van der Waals surface area contributed by atoms with Gasteiger partial charge in [0.2, 0.25) is 5.91 Å². The first-order valence-corrected chi connectivity index (χ1v) is 8.89. The first kappa shape index (κ1) is 17.8. The van der Waals surface area contributed by atoms with Gasteiger partial charge in [-0.2, -0.15) is 0 Å².